The minimum Gasteiger partial charge on any atom is -0.311 e. The normalized spacial score (nSPS) is 19.9. The van der Waals surface area contributed by atoms with Crippen LogP contribution in [0.4, 0.5) is 8.78 Å². The predicted molar refractivity (Wildman–Crippen MR) is 73.0 cm³/mol. The molecule has 0 saturated heterocycles. The molecule has 1 atom stereocenters. The van der Waals surface area contributed by atoms with E-state index in [1.165, 1.54) is 18.2 Å². The van der Waals surface area contributed by atoms with Crippen LogP contribution >= 0.6 is 0 Å². The first-order valence-electron chi connectivity index (χ1n) is 6.81. The molecule has 0 bridgehead atoms. The van der Waals surface area contributed by atoms with Crippen LogP contribution in [0.15, 0.2) is 18.2 Å². The average Bonchev–Trinajstić information content (AvgIpc) is 2.84. The minimum absolute atomic E-state index is 0.167. The second-order valence-corrected chi connectivity index (χ2v) is 5.56. The standard InChI is InChI=1S/C15H22F2N2/c1-18-14(13-11(16)7-6-8-12(13)17)15(19(2)3)9-4-5-10-15/h6-8,14,18H,4-5,9-10H2,1-3H3. The minimum atomic E-state index is -0.465. The first kappa shape index (κ1) is 14.4. The molecule has 0 heterocycles. The van der Waals surface area contributed by atoms with Gasteiger partial charge in [-0.25, -0.2) is 8.78 Å². The van der Waals surface area contributed by atoms with E-state index in [-0.39, 0.29) is 17.1 Å². The van der Waals surface area contributed by atoms with E-state index in [0.717, 1.165) is 25.7 Å². The van der Waals surface area contributed by atoms with Crippen molar-refractivity contribution in [2.24, 2.45) is 0 Å². The van der Waals surface area contributed by atoms with Gasteiger partial charge in [0.2, 0.25) is 0 Å². The number of nitrogens with one attached hydrogen (secondary N) is 1. The van der Waals surface area contributed by atoms with Crippen LogP contribution in [0.25, 0.3) is 0 Å². The van der Waals surface area contributed by atoms with E-state index in [1.807, 2.05) is 14.1 Å². The van der Waals surface area contributed by atoms with Crippen LogP contribution in [0.3, 0.4) is 0 Å². The largest absolute Gasteiger partial charge is 0.311 e. The fourth-order valence-corrected chi connectivity index (χ4v) is 3.45. The Morgan fingerprint density at radius 3 is 2.11 bits per heavy atom. The molecule has 1 saturated carbocycles. The van der Waals surface area contributed by atoms with Gasteiger partial charge in [-0.2, -0.15) is 0 Å². The fraction of sp³-hybridized carbons (Fsp3) is 0.600. The van der Waals surface area contributed by atoms with Crippen LogP contribution in [-0.2, 0) is 0 Å². The van der Waals surface area contributed by atoms with Gasteiger partial charge >= 0.3 is 0 Å². The number of rotatable bonds is 4. The summed E-state index contributed by atoms with van der Waals surface area (Å²) in [5, 5.41) is 3.14. The lowest BCUT2D eigenvalue weighted by Crippen LogP contribution is -2.51. The van der Waals surface area contributed by atoms with Crippen LogP contribution in [0.5, 0.6) is 0 Å². The van der Waals surface area contributed by atoms with Gasteiger partial charge in [0.1, 0.15) is 11.6 Å². The summed E-state index contributed by atoms with van der Waals surface area (Å²) in [7, 11) is 5.77. The Morgan fingerprint density at radius 2 is 1.68 bits per heavy atom. The lowest BCUT2D eigenvalue weighted by atomic mass is 9.82. The van der Waals surface area contributed by atoms with Gasteiger partial charge in [-0.05, 0) is 46.1 Å². The Bertz CT molecular complexity index is 420. The van der Waals surface area contributed by atoms with Crippen molar-refractivity contribution in [2.75, 3.05) is 21.1 Å². The number of likely N-dealkylation sites (N-methyl/N-ethyl adjacent to an activating group) is 2. The first-order valence-corrected chi connectivity index (χ1v) is 6.81. The molecule has 0 radical (unpaired) electrons. The maximum Gasteiger partial charge on any atom is 0.130 e. The molecule has 0 spiro atoms. The lowest BCUT2D eigenvalue weighted by molar-refractivity contribution is 0.105. The van der Waals surface area contributed by atoms with Crippen molar-refractivity contribution in [1.29, 1.82) is 0 Å². The van der Waals surface area contributed by atoms with E-state index in [4.69, 9.17) is 0 Å². The molecular weight excluding hydrogens is 246 g/mol. The molecule has 2 rings (SSSR count). The maximum absolute atomic E-state index is 14.1. The van der Waals surface area contributed by atoms with Crippen LogP contribution in [0.1, 0.15) is 37.3 Å². The zero-order chi connectivity index (χ0) is 14.0. The third kappa shape index (κ3) is 2.39. The van der Waals surface area contributed by atoms with Gasteiger partial charge in [-0.15, -0.1) is 0 Å². The van der Waals surface area contributed by atoms with Crippen molar-refractivity contribution in [2.45, 2.75) is 37.3 Å². The Balaban J connectivity index is 2.49. The van der Waals surface area contributed by atoms with Gasteiger partial charge in [0.25, 0.3) is 0 Å². The molecule has 2 nitrogen and oxygen atoms in total. The summed E-state index contributed by atoms with van der Waals surface area (Å²) < 4.78 is 28.2. The Morgan fingerprint density at radius 1 is 1.16 bits per heavy atom. The number of benzene rings is 1. The molecule has 0 aromatic heterocycles. The molecule has 19 heavy (non-hydrogen) atoms. The van der Waals surface area contributed by atoms with Gasteiger partial charge in [-0.3, -0.25) is 0 Å². The van der Waals surface area contributed by atoms with Crippen molar-refractivity contribution >= 4 is 0 Å². The average molecular weight is 268 g/mol. The molecule has 1 aliphatic rings. The third-order valence-electron chi connectivity index (χ3n) is 4.47. The van der Waals surface area contributed by atoms with Crippen molar-refractivity contribution in [3.8, 4) is 0 Å². The Kier molecular flexibility index (Phi) is 4.21. The molecule has 1 aromatic rings. The van der Waals surface area contributed by atoms with Crippen molar-refractivity contribution in [3.05, 3.63) is 35.4 Å². The second-order valence-electron chi connectivity index (χ2n) is 5.56. The van der Waals surface area contributed by atoms with Crippen molar-refractivity contribution in [3.63, 3.8) is 0 Å². The predicted octanol–water partition coefficient (Wildman–Crippen LogP) is 3.10. The van der Waals surface area contributed by atoms with E-state index < -0.39 is 11.6 Å². The summed E-state index contributed by atoms with van der Waals surface area (Å²) in [6, 6.07) is 3.76. The first-order chi connectivity index (χ1) is 9.03. The van der Waals surface area contributed by atoms with Gasteiger partial charge in [0.15, 0.2) is 0 Å². The molecule has 0 aliphatic heterocycles. The van der Waals surface area contributed by atoms with Gasteiger partial charge in [0, 0.05) is 11.1 Å². The van der Waals surface area contributed by atoms with E-state index in [0.29, 0.717) is 0 Å². The summed E-state index contributed by atoms with van der Waals surface area (Å²) in [6.07, 6.45) is 4.12. The number of nitrogens with zero attached hydrogens (tertiary/aromatic N) is 1. The molecule has 1 N–H and O–H groups in total. The van der Waals surface area contributed by atoms with Crippen LogP contribution in [0, 0.1) is 11.6 Å². The molecule has 4 heteroatoms. The topological polar surface area (TPSA) is 15.3 Å². The van der Waals surface area contributed by atoms with E-state index in [9.17, 15) is 8.78 Å². The number of halogens is 2. The lowest BCUT2D eigenvalue weighted by Gasteiger charge is -2.43. The molecule has 106 valence electrons. The number of hydrogen-bond donors (Lipinski definition) is 1. The fourth-order valence-electron chi connectivity index (χ4n) is 3.45. The number of hydrogen-bond acceptors (Lipinski definition) is 2. The van der Waals surface area contributed by atoms with E-state index in [2.05, 4.69) is 10.2 Å². The molecule has 1 aliphatic carbocycles. The van der Waals surface area contributed by atoms with E-state index >= 15 is 0 Å². The quantitative estimate of drug-likeness (QED) is 0.902. The van der Waals surface area contributed by atoms with Gasteiger partial charge in [0.05, 0.1) is 6.04 Å². The highest BCUT2D eigenvalue weighted by Gasteiger charge is 2.45. The maximum atomic E-state index is 14.1. The molecule has 1 fully saturated rings. The van der Waals surface area contributed by atoms with Crippen LogP contribution in [0.2, 0.25) is 0 Å². The monoisotopic (exact) mass is 268 g/mol. The molecule has 0 amide bonds. The highest BCUT2D eigenvalue weighted by atomic mass is 19.1. The zero-order valence-electron chi connectivity index (χ0n) is 11.8. The molecular formula is C15H22F2N2. The SMILES string of the molecule is CNC(c1c(F)cccc1F)C1(N(C)C)CCCC1. The highest BCUT2D eigenvalue weighted by Crippen LogP contribution is 2.44. The summed E-state index contributed by atoms with van der Waals surface area (Å²) in [5.41, 5.74) is -0.0433. The van der Waals surface area contributed by atoms with Crippen molar-refractivity contribution in [1.82, 2.24) is 10.2 Å². The summed E-state index contributed by atoms with van der Waals surface area (Å²) in [5.74, 6) is -0.931. The Hall–Kier alpha value is -1.00. The Labute approximate surface area is 113 Å². The summed E-state index contributed by atoms with van der Waals surface area (Å²) in [6.45, 7) is 0. The highest BCUT2D eigenvalue weighted by molar-refractivity contribution is 5.27. The third-order valence-corrected chi connectivity index (χ3v) is 4.47. The molecule has 1 unspecified atom stereocenters. The summed E-state index contributed by atoms with van der Waals surface area (Å²) >= 11 is 0. The van der Waals surface area contributed by atoms with Gasteiger partial charge < -0.3 is 10.2 Å². The van der Waals surface area contributed by atoms with Crippen molar-refractivity contribution < 1.29 is 8.78 Å². The van der Waals surface area contributed by atoms with Gasteiger partial charge in [-0.1, -0.05) is 18.9 Å². The second kappa shape index (κ2) is 5.55. The van der Waals surface area contributed by atoms with Crippen LogP contribution in [-0.4, -0.2) is 31.6 Å². The van der Waals surface area contributed by atoms with Crippen LogP contribution < -0.4 is 5.32 Å². The zero-order valence-corrected chi connectivity index (χ0v) is 11.8. The van der Waals surface area contributed by atoms with E-state index in [1.54, 1.807) is 7.05 Å². The molecule has 1 aromatic carbocycles. The smallest absolute Gasteiger partial charge is 0.130 e. The summed E-state index contributed by atoms with van der Waals surface area (Å²) in [4.78, 5) is 2.12.